The van der Waals surface area contributed by atoms with Gasteiger partial charge in [0.05, 0.1) is 12.7 Å². The molecular weight excluding hydrogens is 340 g/mol. The smallest absolute Gasteiger partial charge is 0.246 e. The zero-order valence-corrected chi connectivity index (χ0v) is 15.7. The molecule has 0 saturated carbocycles. The normalized spacial score (nSPS) is 16.6. The van der Waals surface area contributed by atoms with Crippen LogP contribution in [-0.2, 0) is 16.1 Å². The van der Waals surface area contributed by atoms with Gasteiger partial charge in [-0.05, 0) is 43.5 Å². The number of hydrogen-bond acceptors (Lipinski definition) is 4. The molecule has 0 spiro atoms. The van der Waals surface area contributed by atoms with Crippen molar-refractivity contribution in [2.24, 2.45) is 0 Å². The fourth-order valence-corrected chi connectivity index (χ4v) is 3.15. The monoisotopic (exact) mass is 366 g/mol. The predicted octanol–water partition coefficient (Wildman–Crippen LogP) is 3.70. The maximum absolute atomic E-state index is 12.9. The molecule has 1 fully saturated rings. The van der Waals surface area contributed by atoms with Crippen LogP contribution < -0.4 is 4.74 Å². The van der Waals surface area contributed by atoms with E-state index in [-0.39, 0.29) is 12.0 Å². The summed E-state index contributed by atoms with van der Waals surface area (Å²) in [6, 6.07) is 11.6. The molecule has 27 heavy (non-hydrogen) atoms. The SMILES string of the molecule is CCOc1ccccc1/C=C/C(=O)N(Cc1cccnc1)CC1CCCO1. The first-order valence-corrected chi connectivity index (χ1v) is 9.45. The van der Waals surface area contributed by atoms with E-state index >= 15 is 0 Å². The number of aromatic nitrogens is 1. The Morgan fingerprint density at radius 3 is 2.96 bits per heavy atom. The van der Waals surface area contributed by atoms with Crippen molar-refractivity contribution < 1.29 is 14.3 Å². The van der Waals surface area contributed by atoms with Crippen molar-refractivity contribution in [3.8, 4) is 5.75 Å². The Morgan fingerprint density at radius 1 is 1.33 bits per heavy atom. The summed E-state index contributed by atoms with van der Waals surface area (Å²) < 4.78 is 11.4. The Morgan fingerprint density at radius 2 is 2.22 bits per heavy atom. The topological polar surface area (TPSA) is 51.7 Å². The molecule has 0 bridgehead atoms. The van der Waals surface area contributed by atoms with Gasteiger partial charge in [-0.25, -0.2) is 0 Å². The van der Waals surface area contributed by atoms with Crippen molar-refractivity contribution in [1.29, 1.82) is 0 Å². The Hall–Kier alpha value is -2.66. The summed E-state index contributed by atoms with van der Waals surface area (Å²) in [7, 11) is 0. The molecule has 5 nitrogen and oxygen atoms in total. The van der Waals surface area contributed by atoms with Crippen LogP contribution in [0.25, 0.3) is 6.08 Å². The number of pyridine rings is 1. The highest BCUT2D eigenvalue weighted by atomic mass is 16.5. The van der Waals surface area contributed by atoms with E-state index in [1.807, 2.05) is 54.3 Å². The molecule has 2 aromatic rings. The van der Waals surface area contributed by atoms with Crippen molar-refractivity contribution in [2.45, 2.75) is 32.4 Å². The van der Waals surface area contributed by atoms with Crippen LogP contribution in [0.1, 0.15) is 30.9 Å². The molecule has 1 aliphatic heterocycles. The maximum Gasteiger partial charge on any atom is 0.246 e. The largest absolute Gasteiger partial charge is 0.493 e. The summed E-state index contributed by atoms with van der Waals surface area (Å²) in [6.07, 6.45) is 9.12. The first kappa shape index (κ1) is 19.1. The van der Waals surface area contributed by atoms with Gasteiger partial charge in [0.15, 0.2) is 0 Å². The minimum Gasteiger partial charge on any atom is -0.493 e. The van der Waals surface area contributed by atoms with Crippen molar-refractivity contribution in [3.63, 3.8) is 0 Å². The van der Waals surface area contributed by atoms with E-state index in [4.69, 9.17) is 9.47 Å². The Labute approximate surface area is 160 Å². The lowest BCUT2D eigenvalue weighted by molar-refractivity contribution is -0.128. The van der Waals surface area contributed by atoms with Crippen LogP contribution in [0.2, 0.25) is 0 Å². The third-order valence-corrected chi connectivity index (χ3v) is 4.48. The van der Waals surface area contributed by atoms with Crippen molar-refractivity contribution in [1.82, 2.24) is 9.88 Å². The summed E-state index contributed by atoms with van der Waals surface area (Å²) >= 11 is 0. The van der Waals surface area contributed by atoms with Gasteiger partial charge in [0.1, 0.15) is 5.75 Å². The number of carbonyl (C=O) groups is 1. The predicted molar refractivity (Wildman–Crippen MR) is 105 cm³/mol. The average Bonchev–Trinajstić information content (AvgIpc) is 3.21. The molecule has 1 aromatic heterocycles. The highest BCUT2D eigenvalue weighted by Crippen LogP contribution is 2.20. The fraction of sp³-hybridized carbons (Fsp3) is 0.364. The third-order valence-electron chi connectivity index (χ3n) is 4.48. The van der Waals surface area contributed by atoms with Gasteiger partial charge in [-0.2, -0.15) is 0 Å². The van der Waals surface area contributed by atoms with Crippen molar-refractivity contribution in [2.75, 3.05) is 19.8 Å². The molecule has 1 atom stereocenters. The Bertz CT molecular complexity index is 755. The summed E-state index contributed by atoms with van der Waals surface area (Å²) in [6.45, 7) is 4.42. The molecular formula is C22H26N2O3. The van der Waals surface area contributed by atoms with Crippen LogP contribution >= 0.6 is 0 Å². The number of rotatable bonds is 8. The zero-order chi connectivity index (χ0) is 18.9. The molecule has 1 saturated heterocycles. The molecule has 0 radical (unpaired) electrons. The van der Waals surface area contributed by atoms with E-state index < -0.39 is 0 Å². The number of ether oxygens (including phenoxy) is 2. The quantitative estimate of drug-likeness (QED) is 0.669. The van der Waals surface area contributed by atoms with Gasteiger partial charge in [0.25, 0.3) is 0 Å². The zero-order valence-electron chi connectivity index (χ0n) is 15.7. The highest BCUT2D eigenvalue weighted by molar-refractivity contribution is 5.92. The molecule has 1 amide bonds. The number of carbonyl (C=O) groups excluding carboxylic acids is 1. The molecule has 142 valence electrons. The summed E-state index contributed by atoms with van der Waals surface area (Å²) in [5.74, 6) is 0.739. The van der Waals surface area contributed by atoms with Crippen molar-refractivity contribution in [3.05, 3.63) is 66.0 Å². The third kappa shape index (κ3) is 5.66. The minimum atomic E-state index is -0.0411. The van der Waals surface area contributed by atoms with Crippen molar-refractivity contribution >= 4 is 12.0 Å². The van der Waals surface area contributed by atoms with E-state index in [0.717, 1.165) is 36.3 Å². The first-order valence-electron chi connectivity index (χ1n) is 9.45. The lowest BCUT2D eigenvalue weighted by Crippen LogP contribution is -2.35. The lowest BCUT2D eigenvalue weighted by Gasteiger charge is -2.24. The molecule has 5 heteroatoms. The van der Waals surface area contributed by atoms with Gasteiger partial charge in [0.2, 0.25) is 5.91 Å². The average molecular weight is 366 g/mol. The van der Waals surface area contributed by atoms with Crippen LogP contribution in [0.3, 0.4) is 0 Å². The number of nitrogens with zero attached hydrogens (tertiary/aromatic N) is 2. The molecule has 1 aromatic carbocycles. The molecule has 0 N–H and O–H groups in total. The molecule has 0 aliphatic carbocycles. The molecule has 2 heterocycles. The van der Waals surface area contributed by atoms with E-state index in [1.54, 1.807) is 18.5 Å². The highest BCUT2D eigenvalue weighted by Gasteiger charge is 2.21. The lowest BCUT2D eigenvalue weighted by atomic mass is 10.1. The number of para-hydroxylation sites is 1. The second kappa shape index (κ2) is 9.88. The summed E-state index contributed by atoms with van der Waals surface area (Å²) in [4.78, 5) is 18.9. The van der Waals surface area contributed by atoms with Crippen LogP contribution in [0, 0.1) is 0 Å². The van der Waals surface area contributed by atoms with Gasteiger partial charge in [-0.1, -0.05) is 24.3 Å². The number of benzene rings is 1. The fourth-order valence-electron chi connectivity index (χ4n) is 3.15. The van der Waals surface area contributed by atoms with Crippen LogP contribution in [0.4, 0.5) is 0 Å². The molecule has 3 rings (SSSR count). The summed E-state index contributed by atoms with van der Waals surface area (Å²) in [5, 5.41) is 0. The van der Waals surface area contributed by atoms with E-state index in [2.05, 4.69) is 4.98 Å². The first-order chi connectivity index (χ1) is 13.3. The van der Waals surface area contributed by atoms with Crippen LogP contribution in [0.15, 0.2) is 54.9 Å². The van der Waals surface area contributed by atoms with Gasteiger partial charge in [-0.3, -0.25) is 9.78 Å². The van der Waals surface area contributed by atoms with E-state index in [1.165, 1.54) is 0 Å². The van der Waals surface area contributed by atoms with Crippen LogP contribution in [0.5, 0.6) is 5.75 Å². The van der Waals surface area contributed by atoms with E-state index in [9.17, 15) is 4.79 Å². The van der Waals surface area contributed by atoms with Gasteiger partial charge in [-0.15, -0.1) is 0 Å². The maximum atomic E-state index is 12.9. The molecule has 1 unspecified atom stereocenters. The standard InChI is InChI=1S/C22H26N2O3/c1-2-26-21-10-4-3-8-19(21)11-12-22(25)24(17-20-9-6-14-27-20)16-18-7-5-13-23-15-18/h3-5,7-8,10-13,15,20H,2,6,9,14,16-17H2,1H3/b12-11+. The number of hydrogen-bond donors (Lipinski definition) is 0. The minimum absolute atomic E-state index is 0.0411. The van der Waals surface area contributed by atoms with Gasteiger partial charge in [0, 0.05) is 43.7 Å². The Balaban J connectivity index is 1.73. The number of amides is 1. The van der Waals surface area contributed by atoms with Gasteiger partial charge >= 0.3 is 0 Å². The molecule has 1 aliphatic rings. The van der Waals surface area contributed by atoms with Gasteiger partial charge < -0.3 is 14.4 Å². The van der Waals surface area contributed by atoms with E-state index in [0.29, 0.717) is 19.7 Å². The Kier molecular flexibility index (Phi) is 6.99. The van der Waals surface area contributed by atoms with Crippen LogP contribution in [-0.4, -0.2) is 41.7 Å². The second-order valence-corrected chi connectivity index (χ2v) is 6.52. The second-order valence-electron chi connectivity index (χ2n) is 6.52. The summed E-state index contributed by atoms with van der Waals surface area (Å²) in [5.41, 5.74) is 1.90.